The molecule has 11 heavy (non-hydrogen) atoms. The van der Waals surface area contributed by atoms with Gasteiger partial charge in [-0.25, -0.2) is 0 Å². The smallest absolute Gasteiger partial charge is 0.175 e. The SMILES string of the molecule is CC(=O)/C(N)=C/C(C)=C(C)C. The summed E-state index contributed by atoms with van der Waals surface area (Å²) in [5, 5.41) is 0. The van der Waals surface area contributed by atoms with Gasteiger partial charge in [-0.1, -0.05) is 11.1 Å². The van der Waals surface area contributed by atoms with Gasteiger partial charge >= 0.3 is 0 Å². The molecular formula is C9H15NO. The van der Waals surface area contributed by atoms with Crippen molar-refractivity contribution in [3.05, 3.63) is 22.9 Å². The highest BCUT2D eigenvalue weighted by Gasteiger charge is 1.96. The maximum absolute atomic E-state index is 10.7. The largest absolute Gasteiger partial charge is 0.396 e. The first-order valence-corrected chi connectivity index (χ1v) is 3.57. The molecule has 0 aliphatic heterocycles. The molecule has 2 nitrogen and oxygen atoms in total. The third-order valence-corrected chi connectivity index (χ3v) is 1.57. The van der Waals surface area contributed by atoms with Gasteiger partial charge in [0.05, 0.1) is 5.70 Å². The first-order chi connectivity index (χ1) is 4.95. The molecule has 0 saturated carbocycles. The lowest BCUT2D eigenvalue weighted by molar-refractivity contribution is -0.113. The number of carbonyl (C=O) groups is 1. The van der Waals surface area contributed by atoms with E-state index in [4.69, 9.17) is 5.73 Å². The van der Waals surface area contributed by atoms with Crippen LogP contribution in [-0.2, 0) is 4.79 Å². The Balaban J connectivity index is 4.58. The van der Waals surface area contributed by atoms with E-state index in [0.29, 0.717) is 5.70 Å². The highest BCUT2D eigenvalue weighted by Crippen LogP contribution is 2.04. The van der Waals surface area contributed by atoms with E-state index in [1.165, 1.54) is 12.5 Å². The highest BCUT2D eigenvalue weighted by atomic mass is 16.1. The molecule has 62 valence electrons. The first-order valence-electron chi connectivity index (χ1n) is 3.57. The zero-order chi connectivity index (χ0) is 9.02. The van der Waals surface area contributed by atoms with Crippen LogP contribution in [0.2, 0.25) is 0 Å². The number of allylic oxidation sites excluding steroid dienone is 4. The highest BCUT2D eigenvalue weighted by molar-refractivity contribution is 5.92. The van der Waals surface area contributed by atoms with E-state index in [1.807, 2.05) is 20.8 Å². The summed E-state index contributed by atoms with van der Waals surface area (Å²) in [5.41, 5.74) is 7.98. The van der Waals surface area contributed by atoms with E-state index in [2.05, 4.69) is 0 Å². The van der Waals surface area contributed by atoms with Crippen LogP contribution < -0.4 is 5.73 Å². The molecule has 0 aliphatic carbocycles. The molecule has 2 N–H and O–H groups in total. The van der Waals surface area contributed by atoms with E-state index < -0.39 is 0 Å². The number of carbonyl (C=O) groups excluding carboxylic acids is 1. The van der Waals surface area contributed by atoms with E-state index >= 15 is 0 Å². The van der Waals surface area contributed by atoms with Crippen molar-refractivity contribution in [2.24, 2.45) is 5.73 Å². The Kier molecular flexibility index (Phi) is 3.58. The lowest BCUT2D eigenvalue weighted by Crippen LogP contribution is -2.06. The zero-order valence-electron chi connectivity index (χ0n) is 7.56. The van der Waals surface area contributed by atoms with E-state index in [9.17, 15) is 4.79 Å². The van der Waals surface area contributed by atoms with Gasteiger partial charge in [0, 0.05) is 6.92 Å². The second-order valence-corrected chi connectivity index (χ2v) is 2.84. The van der Waals surface area contributed by atoms with Gasteiger partial charge in [0.1, 0.15) is 0 Å². The molecule has 0 heterocycles. The molecule has 0 fully saturated rings. The van der Waals surface area contributed by atoms with Crippen LogP contribution in [0.4, 0.5) is 0 Å². The predicted molar refractivity (Wildman–Crippen MR) is 47.0 cm³/mol. The summed E-state index contributed by atoms with van der Waals surface area (Å²) in [6.07, 6.45) is 1.71. The van der Waals surface area contributed by atoms with Gasteiger partial charge < -0.3 is 5.73 Å². The van der Waals surface area contributed by atoms with Crippen molar-refractivity contribution >= 4 is 5.78 Å². The third kappa shape index (κ3) is 3.61. The van der Waals surface area contributed by atoms with Gasteiger partial charge in [-0.15, -0.1) is 0 Å². The van der Waals surface area contributed by atoms with Crippen LogP contribution in [0.1, 0.15) is 27.7 Å². The molecule has 0 unspecified atom stereocenters. The Morgan fingerprint density at radius 2 is 1.64 bits per heavy atom. The van der Waals surface area contributed by atoms with Crippen LogP contribution in [0, 0.1) is 0 Å². The van der Waals surface area contributed by atoms with Crippen molar-refractivity contribution in [1.29, 1.82) is 0 Å². The summed E-state index contributed by atoms with van der Waals surface area (Å²) < 4.78 is 0. The number of ketones is 1. The number of rotatable bonds is 2. The van der Waals surface area contributed by atoms with Gasteiger partial charge in [-0.3, -0.25) is 4.79 Å². The molecular weight excluding hydrogens is 138 g/mol. The second-order valence-electron chi connectivity index (χ2n) is 2.84. The Morgan fingerprint density at radius 1 is 1.18 bits per heavy atom. The lowest BCUT2D eigenvalue weighted by Gasteiger charge is -1.97. The minimum Gasteiger partial charge on any atom is -0.396 e. The Hall–Kier alpha value is -1.05. The average molecular weight is 153 g/mol. The fraction of sp³-hybridized carbons (Fsp3) is 0.444. The van der Waals surface area contributed by atoms with E-state index in [1.54, 1.807) is 6.08 Å². The Morgan fingerprint density at radius 3 is 1.91 bits per heavy atom. The van der Waals surface area contributed by atoms with Crippen LogP contribution in [0.15, 0.2) is 22.9 Å². The molecule has 0 radical (unpaired) electrons. The predicted octanol–water partition coefficient (Wildman–Crippen LogP) is 1.77. The molecule has 0 bridgehead atoms. The third-order valence-electron chi connectivity index (χ3n) is 1.57. The topological polar surface area (TPSA) is 43.1 Å². The number of hydrogen-bond donors (Lipinski definition) is 1. The fourth-order valence-corrected chi connectivity index (χ4v) is 0.479. The van der Waals surface area contributed by atoms with E-state index in [-0.39, 0.29) is 5.78 Å². The van der Waals surface area contributed by atoms with Gasteiger partial charge in [-0.2, -0.15) is 0 Å². The summed E-state index contributed by atoms with van der Waals surface area (Å²) in [6, 6.07) is 0. The van der Waals surface area contributed by atoms with Gasteiger partial charge in [0.2, 0.25) is 0 Å². The Labute approximate surface area is 67.8 Å². The van der Waals surface area contributed by atoms with Crippen molar-refractivity contribution in [2.45, 2.75) is 27.7 Å². The van der Waals surface area contributed by atoms with Crippen LogP contribution in [0.25, 0.3) is 0 Å². The van der Waals surface area contributed by atoms with E-state index in [0.717, 1.165) is 5.57 Å². The van der Waals surface area contributed by atoms with Crippen LogP contribution in [0.5, 0.6) is 0 Å². The molecule has 0 spiro atoms. The van der Waals surface area contributed by atoms with Crippen molar-refractivity contribution in [1.82, 2.24) is 0 Å². The molecule has 0 saturated heterocycles. The molecule has 0 atom stereocenters. The summed E-state index contributed by atoms with van der Waals surface area (Å²) in [6.45, 7) is 7.37. The lowest BCUT2D eigenvalue weighted by atomic mass is 10.1. The van der Waals surface area contributed by atoms with Crippen molar-refractivity contribution in [3.63, 3.8) is 0 Å². The maximum Gasteiger partial charge on any atom is 0.175 e. The first kappa shape index (κ1) is 9.95. The van der Waals surface area contributed by atoms with Crippen molar-refractivity contribution in [2.75, 3.05) is 0 Å². The maximum atomic E-state index is 10.7. The molecule has 0 aromatic heterocycles. The quantitative estimate of drug-likeness (QED) is 0.485. The minimum absolute atomic E-state index is 0.0781. The van der Waals surface area contributed by atoms with Crippen LogP contribution >= 0.6 is 0 Å². The standard InChI is InChI=1S/C9H15NO/c1-6(2)7(3)5-9(10)8(4)11/h5H,10H2,1-4H3/b9-5-. The number of Topliss-reactive ketones (excluding diaryl/α,β-unsaturated/α-hetero) is 1. The van der Waals surface area contributed by atoms with Crippen molar-refractivity contribution < 1.29 is 4.79 Å². The fourth-order valence-electron chi connectivity index (χ4n) is 0.479. The summed E-state index contributed by atoms with van der Waals surface area (Å²) in [7, 11) is 0. The van der Waals surface area contributed by atoms with Crippen LogP contribution in [-0.4, -0.2) is 5.78 Å². The monoisotopic (exact) mass is 153 g/mol. The molecule has 2 heteroatoms. The Bertz CT molecular complexity index is 220. The summed E-state index contributed by atoms with van der Waals surface area (Å²) in [4.78, 5) is 10.7. The molecule has 0 aromatic carbocycles. The average Bonchev–Trinajstić information content (AvgIpc) is 1.87. The van der Waals surface area contributed by atoms with Gasteiger partial charge in [0.25, 0.3) is 0 Å². The molecule has 0 rings (SSSR count). The second kappa shape index (κ2) is 3.96. The molecule has 0 amide bonds. The van der Waals surface area contributed by atoms with Gasteiger partial charge in [-0.05, 0) is 26.8 Å². The number of hydrogen-bond acceptors (Lipinski definition) is 2. The zero-order valence-corrected chi connectivity index (χ0v) is 7.56. The van der Waals surface area contributed by atoms with Crippen LogP contribution in [0.3, 0.4) is 0 Å². The minimum atomic E-state index is -0.0781. The number of nitrogens with two attached hydrogens (primary N) is 1. The van der Waals surface area contributed by atoms with Crippen molar-refractivity contribution in [3.8, 4) is 0 Å². The van der Waals surface area contributed by atoms with Gasteiger partial charge in [0.15, 0.2) is 5.78 Å². The molecule has 0 aliphatic rings. The summed E-state index contributed by atoms with van der Waals surface area (Å²) in [5.74, 6) is -0.0781. The normalized spacial score (nSPS) is 11.1. The molecule has 0 aromatic rings. The summed E-state index contributed by atoms with van der Waals surface area (Å²) >= 11 is 0.